The lowest BCUT2D eigenvalue weighted by atomic mass is 10.2. The standard InChI is InChI=1S/C12H10N2O2S2/c1-17-12-8(6-13)10(16)14-11(18-12)7-4-2-3-5-9(7)15/h2-5,11,15H,1H3,(H,14,16)/t11-/m0/s1. The number of aromatic hydroxyl groups is 1. The quantitative estimate of drug-likeness (QED) is 0.868. The fourth-order valence-electron chi connectivity index (χ4n) is 1.58. The predicted molar refractivity (Wildman–Crippen MR) is 72.7 cm³/mol. The zero-order valence-electron chi connectivity index (χ0n) is 9.51. The SMILES string of the molecule is CSC1=C(C#N)C(=O)N[C@H](c2ccccc2O)S1. The van der Waals surface area contributed by atoms with Crippen LogP contribution >= 0.6 is 23.5 Å². The second kappa shape index (κ2) is 5.38. The second-order valence-corrected chi connectivity index (χ2v) is 5.70. The Bertz CT molecular complexity index is 563. The molecule has 0 saturated carbocycles. The molecular weight excluding hydrogens is 268 g/mol. The van der Waals surface area contributed by atoms with E-state index in [1.54, 1.807) is 24.3 Å². The van der Waals surface area contributed by atoms with Crippen LogP contribution in [0.5, 0.6) is 5.75 Å². The minimum absolute atomic E-state index is 0.135. The predicted octanol–water partition coefficient (Wildman–Crippen LogP) is 2.35. The number of phenols is 1. The summed E-state index contributed by atoms with van der Waals surface area (Å²) in [5.74, 6) is -0.259. The van der Waals surface area contributed by atoms with Crippen LogP contribution in [0.3, 0.4) is 0 Å². The van der Waals surface area contributed by atoms with Crippen molar-refractivity contribution in [3.63, 3.8) is 0 Å². The van der Waals surface area contributed by atoms with Crippen molar-refractivity contribution in [1.82, 2.24) is 5.32 Å². The molecule has 1 aliphatic rings. The number of rotatable bonds is 2. The van der Waals surface area contributed by atoms with Crippen LogP contribution in [0.15, 0.2) is 34.1 Å². The summed E-state index contributed by atoms with van der Waals surface area (Å²) in [4.78, 5) is 11.8. The molecule has 0 unspecified atom stereocenters. The molecule has 6 heteroatoms. The van der Waals surface area contributed by atoms with Crippen molar-refractivity contribution in [2.75, 3.05) is 6.26 Å². The number of phenolic OH excluding ortho intramolecular Hbond substituents is 1. The first-order chi connectivity index (χ1) is 8.67. The van der Waals surface area contributed by atoms with E-state index >= 15 is 0 Å². The van der Waals surface area contributed by atoms with Crippen LogP contribution in [0.1, 0.15) is 10.9 Å². The molecule has 92 valence electrons. The Morgan fingerprint density at radius 2 is 2.22 bits per heavy atom. The van der Waals surface area contributed by atoms with Crippen LogP contribution < -0.4 is 5.32 Å². The summed E-state index contributed by atoms with van der Waals surface area (Å²) in [7, 11) is 0. The molecule has 1 aromatic rings. The van der Waals surface area contributed by atoms with Crippen molar-refractivity contribution < 1.29 is 9.90 Å². The Kier molecular flexibility index (Phi) is 3.84. The molecule has 0 aliphatic carbocycles. The first kappa shape index (κ1) is 12.9. The van der Waals surface area contributed by atoms with Crippen LogP contribution in [-0.4, -0.2) is 17.3 Å². The molecule has 1 aromatic carbocycles. The topological polar surface area (TPSA) is 73.1 Å². The zero-order chi connectivity index (χ0) is 13.1. The summed E-state index contributed by atoms with van der Waals surface area (Å²) in [6.07, 6.45) is 1.82. The van der Waals surface area contributed by atoms with E-state index < -0.39 is 5.91 Å². The number of nitrogens with one attached hydrogen (secondary N) is 1. The normalized spacial score (nSPS) is 19.3. The van der Waals surface area contributed by atoms with Crippen molar-refractivity contribution in [2.24, 2.45) is 0 Å². The summed E-state index contributed by atoms with van der Waals surface area (Å²) in [5, 5.41) is 21.1. The average Bonchev–Trinajstić information content (AvgIpc) is 2.38. The number of hydrogen-bond donors (Lipinski definition) is 2. The summed E-state index contributed by atoms with van der Waals surface area (Å²) in [6.45, 7) is 0. The van der Waals surface area contributed by atoms with Crippen molar-refractivity contribution in [1.29, 1.82) is 5.26 Å². The highest BCUT2D eigenvalue weighted by Crippen LogP contribution is 2.44. The highest BCUT2D eigenvalue weighted by Gasteiger charge is 2.29. The van der Waals surface area contributed by atoms with E-state index in [1.807, 2.05) is 12.3 Å². The number of benzene rings is 1. The van der Waals surface area contributed by atoms with Gasteiger partial charge in [-0.05, 0) is 12.3 Å². The molecule has 1 aliphatic heterocycles. The first-order valence-corrected chi connectivity index (χ1v) is 7.21. The van der Waals surface area contributed by atoms with Gasteiger partial charge in [-0.1, -0.05) is 30.0 Å². The van der Waals surface area contributed by atoms with E-state index in [1.165, 1.54) is 23.5 Å². The fourth-order valence-corrected chi connectivity index (χ4v) is 3.55. The number of carbonyl (C=O) groups is 1. The molecule has 0 fully saturated rings. The lowest BCUT2D eigenvalue weighted by Crippen LogP contribution is -2.31. The van der Waals surface area contributed by atoms with Gasteiger partial charge in [0.1, 0.15) is 22.8 Å². The average molecular weight is 278 g/mol. The Morgan fingerprint density at radius 1 is 1.50 bits per heavy atom. The smallest absolute Gasteiger partial charge is 0.264 e. The Morgan fingerprint density at radius 3 is 2.83 bits per heavy atom. The second-order valence-electron chi connectivity index (χ2n) is 3.51. The van der Waals surface area contributed by atoms with Crippen molar-refractivity contribution in [2.45, 2.75) is 5.37 Å². The van der Waals surface area contributed by atoms with Gasteiger partial charge in [-0.2, -0.15) is 5.26 Å². The third kappa shape index (κ3) is 2.33. The molecule has 0 radical (unpaired) electrons. The molecule has 1 heterocycles. The molecule has 4 nitrogen and oxygen atoms in total. The molecular formula is C12H10N2O2S2. The maximum absolute atomic E-state index is 11.8. The molecule has 2 N–H and O–H groups in total. The molecule has 1 amide bonds. The summed E-state index contributed by atoms with van der Waals surface area (Å²) < 4.78 is 0.675. The van der Waals surface area contributed by atoms with Gasteiger partial charge in [-0.25, -0.2) is 0 Å². The maximum Gasteiger partial charge on any atom is 0.264 e. The van der Waals surface area contributed by atoms with Crippen molar-refractivity contribution in [3.05, 3.63) is 39.6 Å². The minimum atomic E-state index is -0.395. The zero-order valence-corrected chi connectivity index (χ0v) is 11.1. The largest absolute Gasteiger partial charge is 0.508 e. The number of nitrogens with zero attached hydrogens (tertiary/aromatic N) is 1. The molecule has 0 saturated heterocycles. The van der Waals surface area contributed by atoms with Crippen LogP contribution in [0.25, 0.3) is 0 Å². The summed E-state index contributed by atoms with van der Waals surface area (Å²) in [6, 6.07) is 8.75. The van der Waals surface area contributed by atoms with E-state index in [4.69, 9.17) is 5.26 Å². The lowest BCUT2D eigenvalue weighted by molar-refractivity contribution is -0.117. The van der Waals surface area contributed by atoms with Crippen LogP contribution in [-0.2, 0) is 4.79 Å². The third-order valence-corrected chi connectivity index (χ3v) is 4.82. The van der Waals surface area contributed by atoms with E-state index in [0.29, 0.717) is 9.80 Å². The van der Waals surface area contributed by atoms with Crippen LogP contribution in [0.4, 0.5) is 0 Å². The monoisotopic (exact) mass is 278 g/mol. The van der Waals surface area contributed by atoms with Crippen LogP contribution in [0, 0.1) is 11.3 Å². The molecule has 2 rings (SSSR count). The van der Waals surface area contributed by atoms with Gasteiger partial charge in [0, 0.05) is 5.56 Å². The van der Waals surface area contributed by atoms with Gasteiger partial charge < -0.3 is 10.4 Å². The Balaban J connectivity index is 2.37. The van der Waals surface area contributed by atoms with E-state index in [9.17, 15) is 9.90 Å². The maximum atomic E-state index is 11.8. The molecule has 1 atom stereocenters. The lowest BCUT2D eigenvalue weighted by Gasteiger charge is -2.24. The first-order valence-electron chi connectivity index (χ1n) is 5.11. The number of amides is 1. The van der Waals surface area contributed by atoms with Crippen molar-refractivity contribution in [3.8, 4) is 11.8 Å². The highest BCUT2D eigenvalue weighted by molar-refractivity contribution is 8.22. The van der Waals surface area contributed by atoms with E-state index in [2.05, 4.69) is 5.32 Å². The number of para-hydroxylation sites is 1. The third-order valence-electron chi connectivity index (χ3n) is 2.43. The van der Waals surface area contributed by atoms with Gasteiger partial charge in [-0.3, -0.25) is 4.79 Å². The van der Waals surface area contributed by atoms with Gasteiger partial charge in [0.25, 0.3) is 5.91 Å². The van der Waals surface area contributed by atoms with Gasteiger partial charge in [0.2, 0.25) is 0 Å². The summed E-state index contributed by atoms with van der Waals surface area (Å²) in [5.41, 5.74) is 0.776. The summed E-state index contributed by atoms with van der Waals surface area (Å²) >= 11 is 2.73. The van der Waals surface area contributed by atoms with Gasteiger partial charge >= 0.3 is 0 Å². The van der Waals surface area contributed by atoms with Crippen molar-refractivity contribution >= 4 is 29.4 Å². The van der Waals surface area contributed by atoms with Gasteiger partial charge in [0.15, 0.2) is 0 Å². The number of nitriles is 1. The number of carbonyl (C=O) groups excluding carboxylic acids is 1. The Hall–Kier alpha value is -1.58. The van der Waals surface area contributed by atoms with Crippen LogP contribution in [0.2, 0.25) is 0 Å². The van der Waals surface area contributed by atoms with E-state index in [-0.39, 0.29) is 16.7 Å². The van der Waals surface area contributed by atoms with E-state index in [0.717, 1.165) is 0 Å². The number of thioether (sulfide) groups is 2. The Labute approximate surface area is 113 Å². The minimum Gasteiger partial charge on any atom is -0.508 e. The number of hydrogen-bond acceptors (Lipinski definition) is 5. The molecule has 0 bridgehead atoms. The van der Waals surface area contributed by atoms with Gasteiger partial charge in [0.05, 0.1) is 4.24 Å². The molecule has 0 spiro atoms. The van der Waals surface area contributed by atoms with Gasteiger partial charge in [-0.15, -0.1) is 11.8 Å². The molecule has 0 aromatic heterocycles. The highest BCUT2D eigenvalue weighted by atomic mass is 32.2. The molecule has 18 heavy (non-hydrogen) atoms. The fraction of sp³-hybridized carbons (Fsp3) is 0.167.